The van der Waals surface area contributed by atoms with Crippen LogP contribution >= 0.6 is 15.9 Å². The number of hydrogen-bond acceptors (Lipinski definition) is 4. The van der Waals surface area contributed by atoms with Gasteiger partial charge < -0.3 is 10.4 Å². The van der Waals surface area contributed by atoms with Crippen molar-refractivity contribution in [2.75, 3.05) is 11.9 Å². The summed E-state index contributed by atoms with van der Waals surface area (Å²) >= 11 is 3.26. The monoisotopic (exact) mass is 328 g/mol. The number of halogens is 1. The molecule has 0 saturated heterocycles. The fourth-order valence-corrected chi connectivity index (χ4v) is 2.36. The van der Waals surface area contributed by atoms with Crippen LogP contribution in [0.15, 0.2) is 16.6 Å². The zero-order valence-corrected chi connectivity index (χ0v) is 11.9. The van der Waals surface area contributed by atoms with Gasteiger partial charge in [-0.3, -0.25) is 14.9 Å². The number of carboxylic acid groups (broad SMARTS) is 1. The van der Waals surface area contributed by atoms with E-state index in [2.05, 4.69) is 21.2 Å². The van der Waals surface area contributed by atoms with Crippen molar-refractivity contribution >= 4 is 33.3 Å². The largest absolute Gasteiger partial charge is 0.481 e. The highest BCUT2D eigenvalue weighted by molar-refractivity contribution is 9.10. The lowest BCUT2D eigenvalue weighted by Gasteiger charge is -2.14. The van der Waals surface area contributed by atoms with Crippen molar-refractivity contribution in [3.8, 4) is 0 Å². The molecular weight excluding hydrogens is 316 g/mol. The average Bonchev–Trinajstić information content (AvgIpc) is 3.10. The van der Waals surface area contributed by atoms with Gasteiger partial charge in [-0.1, -0.05) is 0 Å². The van der Waals surface area contributed by atoms with Crippen LogP contribution in [0.1, 0.15) is 18.4 Å². The van der Waals surface area contributed by atoms with Gasteiger partial charge in [0, 0.05) is 28.3 Å². The average molecular weight is 329 g/mol. The van der Waals surface area contributed by atoms with Crippen molar-refractivity contribution in [3.05, 3.63) is 32.3 Å². The molecule has 1 fully saturated rings. The first kappa shape index (κ1) is 13.8. The van der Waals surface area contributed by atoms with E-state index < -0.39 is 16.3 Å². The van der Waals surface area contributed by atoms with Gasteiger partial charge in [0.15, 0.2) is 0 Å². The summed E-state index contributed by atoms with van der Waals surface area (Å²) in [6, 6.07) is 3.08. The number of carbonyl (C=O) groups is 1. The highest BCUT2D eigenvalue weighted by Crippen LogP contribution is 2.46. The Balaban J connectivity index is 2.16. The van der Waals surface area contributed by atoms with Gasteiger partial charge in [-0.15, -0.1) is 0 Å². The normalized spacial score (nSPS) is 15.9. The van der Waals surface area contributed by atoms with Gasteiger partial charge in [0.1, 0.15) is 0 Å². The summed E-state index contributed by atoms with van der Waals surface area (Å²) in [4.78, 5) is 21.4. The molecule has 19 heavy (non-hydrogen) atoms. The van der Waals surface area contributed by atoms with Gasteiger partial charge in [-0.25, -0.2) is 0 Å². The van der Waals surface area contributed by atoms with Crippen LogP contribution in [0.25, 0.3) is 0 Å². The standard InChI is InChI=1S/C12H13BrN2O4/c1-7-4-9(8(13)5-10(7)15(18)19)14-6-12(2-3-12)11(16)17/h4-5,14H,2-3,6H2,1H3,(H,16,17). The Morgan fingerprint density at radius 2 is 2.21 bits per heavy atom. The maximum absolute atomic E-state index is 11.1. The maximum atomic E-state index is 11.1. The number of nitrogens with zero attached hydrogens (tertiary/aromatic N) is 1. The van der Waals surface area contributed by atoms with Crippen molar-refractivity contribution in [2.24, 2.45) is 5.41 Å². The van der Waals surface area contributed by atoms with Crippen molar-refractivity contribution < 1.29 is 14.8 Å². The van der Waals surface area contributed by atoms with E-state index in [0.29, 0.717) is 35.1 Å². The molecule has 0 amide bonds. The summed E-state index contributed by atoms with van der Waals surface area (Å²) in [6.07, 6.45) is 1.33. The minimum absolute atomic E-state index is 0.0387. The van der Waals surface area contributed by atoms with E-state index in [4.69, 9.17) is 5.11 Å². The van der Waals surface area contributed by atoms with Crippen molar-refractivity contribution in [1.29, 1.82) is 0 Å². The third-order valence-electron chi connectivity index (χ3n) is 3.41. The molecule has 0 aliphatic heterocycles. The molecule has 102 valence electrons. The summed E-state index contributed by atoms with van der Waals surface area (Å²) in [5.41, 5.74) is 0.582. The Kier molecular flexibility index (Phi) is 3.49. The SMILES string of the molecule is Cc1cc(NCC2(C(=O)O)CC2)c(Br)cc1[N+](=O)[O-]. The molecule has 1 aliphatic carbocycles. The van der Waals surface area contributed by atoms with Crippen LogP contribution in [0.2, 0.25) is 0 Å². The minimum Gasteiger partial charge on any atom is -0.481 e. The molecule has 2 rings (SSSR count). The number of aryl methyl sites for hydroxylation is 1. The molecule has 0 unspecified atom stereocenters. The van der Waals surface area contributed by atoms with Crippen LogP contribution in [-0.4, -0.2) is 22.5 Å². The Labute approximate surface area is 118 Å². The van der Waals surface area contributed by atoms with E-state index in [0.717, 1.165) is 0 Å². The molecule has 1 aromatic carbocycles. The van der Waals surface area contributed by atoms with Gasteiger partial charge >= 0.3 is 5.97 Å². The van der Waals surface area contributed by atoms with Gasteiger partial charge in [-0.05, 0) is 41.8 Å². The molecule has 0 aromatic heterocycles. The number of nitro benzene ring substituents is 1. The molecule has 0 heterocycles. The predicted molar refractivity (Wildman–Crippen MR) is 73.3 cm³/mol. The summed E-state index contributed by atoms with van der Waals surface area (Å²) in [5, 5.41) is 22.9. The van der Waals surface area contributed by atoms with Crippen LogP contribution in [0, 0.1) is 22.5 Å². The first-order valence-electron chi connectivity index (χ1n) is 5.77. The number of nitro groups is 1. The molecule has 1 aliphatic rings. The second kappa shape index (κ2) is 4.80. The molecule has 6 nitrogen and oxygen atoms in total. The molecular formula is C12H13BrN2O4. The summed E-state index contributed by atoms with van der Waals surface area (Å²) in [7, 11) is 0. The topological polar surface area (TPSA) is 92.5 Å². The van der Waals surface area contributed by atoms with Crippen LogP contribution in [0.5, 0.6) is 0 Å². The molecule has 0 bridgehead atoms. The Morgan fingerprint density at radius 3 is 2.68 bits per heavy atom. The van der Waals surface area contributed by atoms with Crippen LogP contribution < -0.4 is 5.32 Å². The number of rotatable bonds is 5. The van der Waals surface area contributed by atoms with Gasteiger partial charge in [0.2, 0.25) is 0 Å². The quantitative estimate of drug-likeness (QED) is 0.640. The number of benzene rings is 1. The van der Waals surface area contributed by atoms with Gasteiger partial charge in [-0.2, -0.15) is 0 Å². The van der Waals surface area contributed by atoms with E-state index in [1.54, 1.807) is 13.0 Å². The number of aliphatic carboxylic acids is 1. The number of anilines is 1. The Morgan fingerprint density at radius 1 is 1.58 bits per heavy atom. The second-order valence-corrected chi connectivity index (χ2v) is 5.67. The predicted octanol–water partition coefficient (Wildman–Crippen LogP) is 2.94. The lowest BCUT2D eigenvalue weighted by Crippen LogP contribution is -2.24. The van der Waals surface area contributed by atoms with Crippen LogP contribution in [0.3, 0.4) is 0 Å². The number of nitrogens with one attached hydrogen (secondary N) is 1. The highest BCUT2D eigenvalue weighted by Gasteiger charge is 2.50. The van der Waals surface area contributed by atoms with E-state index in [-0.39, 0.29) is 5.69 Å². The smallest absolute Gasteiger partial charge is 0.311 e. The maximum Gasteiger partial charge on any atom is 0.311 e. The van der Waals surface area contributed by atoms with Crippen molar-refractivity contribution in [3.63, 3.8) is 0 Å². The molecule has 2 N–H and O–H groups in total. The number of carboxylic acids is 1. The third-order valence-corrected chi connectivity index (χ3v) is 4.06. The van der Waals surface area contributed by atoms with E-state index >= 15 is 0 Å². The summed E-state index contributed by atoms with van der Waals surface area (Å²) < 4.78 is 0.561. The molecule has 1 aromatic rings. The van der Waals surface area contributed by atoms with E-state index in [9.17, 15) is 14.9 Å². The van der Waals surface area contributed by atoms with Crippen LogP contribution in [-0.2, 0) is 4.79 Å². The van der Waals surface area contributed by atoms with Crippen molar-refractivity contribution in [2.45, 2.75) is 19.8 Å². The second-order valence-electron chi connectivity index (χ2n) is 4.81. The van der Waals surface area contributed by atoms with Gasteiger partial charge in [0.05, 0.1) is 10.3 Å². The Hall–Kier alpha value is -1.63. The fraction of sp³-hybridized carbons (Fsp3) is 0.417. The number of hydrogen-bond donors (Lipinski definition) is 2. The molecule has 0 atom stereocenters. The third kappa shape index (κ3) is 2.70. The molecule has 0 spiro atoms. The summed E-state index contributed by atoms with van der Waals surface area (Å²) in [6.45, 7) is 1.98. The zero-order chi connectivity index (χ0) is 14.2. The molecule has 7 heteroatoms. The fourth-order valence-electron chi connectivity index (χ4n) is 1.88. The first-order chi connectivity index (χ1) is 8.85. The van der Waals surface area contributed by atoms with Gasteiger partial charge in [0.25, 0.3) is 5.69 Å². The molecule has 0 radical (unpaired) electrons. The summed E-state index contributed by atoms with van der Waals surface area (Å²) in [5.74, 6) is -0.797. The highest BCUT2D eigenvalue weighted by atomic mass is 79.9. The zero-order valence-electron chi connectivity index (χ0n) is 10.3. The van der Waals surface area contributed by atoms with E-state index in [1.165, 1.54) is 6.07 Å². The van der Waals surface area contributed by atoms with Crippen LogP contribution in [0.4, 0.5) is 11.4 Å². The van der Waals surface area contributed by atoms with E-state index in [1.807, 2.05) is 0 Å². The van der Waals surface area contributed by atoms with Crippen molar-refractivity contribution in [1.82, 2.24) is 0 Å². The molecule has 1 saturated carbocycles. The lowest BCUT2D eigenvalue weighted by atomic mass is 10.1. The minimum atomic E-state index is -0.797. The Bertz CT molecular complexity index is 555. The first-order valence-corrected chi connectivity index (χ1v) is 6.57. The lowest BCUT2D eigenvalue weighted by molar-refractivity contribution is -0.385.